The topological polar surface area (TPSA) is 81.5 Å². The summed E-state index contributed by atoms with van der Waals surface area (Å²) in [4.78, 5) is 19.2. The van der Waals surface area contributed by atoms with E-state index in [-0.39, 0.29) is 36.5 Å². The number of nitrogens with zero attached hydrogens (tertiary/aromatic N) is 3. The smallest absolute Gasteiger partial charge is 0.254 e. The van der Waals surface area contributed by atoms with Gasteiger partial charge in [-0.2, -0.15) is 0 Å². The SMILES string of the molecule is COCCn1c(CN(CC2CC2)C(=O)c2ccccc2)cnc1S(=O)(=O)Cc1ccc(F)cc1. The molecule has 1 aliphatic carbocycles. The highest BCUT2D eigenvalue weighted by atomic mass is 32.2. The van der Waals surface area contributed by atoms with Crippen LogP contribution in [0.1, 0.15) is 34.5 Å². The van der Waals surface area contributed by atoms with E-state index < -0.39 is 15.7 Å². The summed E-state index contributed by atoms with van der Waals surface area (Å²) >= 11 is 0. The minimum atomic E-state index is -3.81. The molecule has 0 bridgehead atoms. The van der Waals surface area contributed by atoms with E-state index in [0.717, 1.165) is 12.8 Å². The van der Waals surface area contributed by atoms with Crippen molar-refractivity contribution in [2.45, 2.75) is 36.8 Å². The number of carbonyl (C=O) groups is 1. The molecule has 1 amide bonds. The van der Waals surface area contributed by atoms with Gasteiger partial charge in [-0.05, 0) is 48.6 Å². The Morgan fingerprint density at radius 3 is 2.50 bits per heavy atom. The Morgan fingerprint density at radius 2 is 1.85 bits per heavy atom. The van der Waals surface area contributed by atoms with Crippen molar-refractivity contribution in [1.29, 1.82) is 0 Å². The van der Waals surface area contributed by atoms with Crippen molar-refractivity contribution in [1.82, 2.24) is 14.5 Å². The molecule has 34 heavy (non-hydrogen) atoms. The number of benzene rings is 2. The van der Waals surface area contributed by atoms with E-state index in [4.69, 9.17) is 4.74 Å². The third kappa shape index (κ3) is 5.90. The molecule has 9 heteroatoms. The van der Waals surface area contributed by atoms with Crippen molar-refractivity contribution < 1.29 is 22.3 Å². The molecule has 1 heterocycles. The average molecular weight is 486 g/mol. The molecule has 0 saturated heterocycles. The number of ether oxygens (including phenoxy) is 1. The van der Waals surface area contributed by atoms with Crippen molar-refractivity contribution in [2.75, 3.05) is 20.3 Å². The Labute approximate surface area is 199 Å². The first-order chi connectivity index (χ1) is 16.4. The summed E-state index contributed by atoms with van der Waals surface area (Å²) in [7, 11) is -2.27. The van der Waals surface area contributed by atoms with Crippen molar-refractivity contribution in [3.63, 3.8) is 0 Å². The van der Waals surface area contributed by atoms with Crippen LogP contribution in [0.4, 0.5) is 4.39 Å². The van der Waals surface area contributed by atoms with Gasteiger partial charge in [-0.15, -0.1) is 0 Å². The lowest BCUT2D eigenvalue weighted by molar-refractivity contribution is 0.0729. The van der Waals surface area contributed by atoms with Crippen molar-refractivity contribution >= 4 is 15.7 Å². The zero-order valence-electron chi connectivity index (χ0n) is 19.1. The fraction of sp³-hybridized carbons (Fsp3) is 0.360. The molecule has 2 aromatic carbocycles. The quantitative estimate of drug-likeness (QED) is 0.414. The zero-order chi connectivity index (χ0) is 24.1. The minimum absolute atomic E-state index is 0.0811. The normalized spacial score (nSPS) is 13.7. The van der Waals surface area contributed by atoms with E-state index in [1.54, 1.807) is 28.7 Å². The lowest BCUT2D eigenvalue weighted by atomic mass is 10.2. The van der Waals surface area contributed by atoms with Crippen LogP contribution in [-0.4, -0.2) is 49.0 Å². The van der Waals surface area contributed by atoms with Crippen LogP contribution in [0.25, 0.3) is 0 Å². The molecule has 0 aliphatic heterocycles. The van der Waals surface area contributed by atoms with Crippen LogP contribution in [0.5, 0.6) is 0 Å². The Balaban J connectivity index is 1.62. The van der Waals surface area contributed by atoms with Crippen LogP contribution >= 0.6 is 0 Å². The third-order valence-corrected chi connectivity index (χ3v) is 7.40. The summed E-state index contributed by atoms with van der Waals surface area (Å²) in [6, 6.07) is 14.4. The average Bonchev–Trinajstić information content (AvgIpc) is 3.56. The van der Waals surface area contributed by atoms with Crippen LogP contribution < -0.4 is 0 Å². The van der Waals surface area contributed by atoms with Gasteiger partial charge in [0.15, 0.2) is 0 Å². The standard InChI is InChI=1S/C25H28FN3O4S/c1-33-14-13-29-23(15-27-25(29)34(31,32)18-20-9-11-22(26)12-10-20)17-28(16-19-7-8-19)24(30)21-5-3-2-4-6-21/h2-6,9-12,15,19H,7-8,13-14,16-18H2,1H3. The molecule has 180 valence electrons. The van der Waals surface area contributed by atoms with Crippen molar-refractivity contribution in [3.8, 4) is 0 Å². The van der Waals surface area contributed by atoms with E-state index in [0.29, 0.717) is 29.3 Å². The molecule has 0 N–H and O–H groups in total. The minimum Gasteiger partial charge on any atom is -0.383 e. The number of methoxy groups -OCH3 is 1. The molecular formula is C25H28FN3O4S. The van der Waals surface area contributed by atoms with Crippen LogP contribution in [0.2, 0.25) is 0 Å². The Hall–Kier alpha value is -3.04. The van der Waals surface area contributed by atoms with Gasteiger partial charge >= 0.3 is 0 Å². The van der Waals surface area contributed by atoms with E-state index in [1.807, 2.05) is 18.2 Å². The van der Waals surface area contributed by atoms with Crippen LogP contribution in [0, 0.1) is 11.7 Å². The first kappa shape index (κ1) is 24.1. The van der Waals surface area contributed by atoms with E-state index in [2.05, 4.69) is 4.98 Å². The molecule has 0 spiro atoms. The number of hydrogen-bond acceptors (Lipinski definition) is 5. The largest absolute Gasteiger partial charge is 0.383 e. The van der Waals surface area contributed by atoms with Gasteiger partial charge in [-0.1, -0.05) is 30.3 Å². The summed E-state index contributed by atoms with van der Waals surface area (Å²) in [5.74, 6) is -0.359. The van der Waals surface area contributed by atoms with Gasteiger partial charge in [0.05, 0.1) is 30.8 Å². The van der Waals surface area contributed by atoms with E-state index in [9.17, 15) is 17.6 Å². The first-order valence-electron chi connectivity index (χ1n) is 11.2. The first-order valence-corrected chi connectivity index (χ1v) is 12.9. The molecule has 1 aromatic heterocycles. The van der Waals surface area contributed by atoms with Gasteiger partial charge in [0.1, 0.15) is 5.82 Å². The summed E-state index contributed by atoms with van der Waals surface area (Å²) in [6.07, 6.45) is 3.68. The molecule has 4 rings (SSSR count). The second-order valence-electron chi connectivity index (χ2n) is 8.56. The maximum absolute atomic E-state index is 13.2. The molecule has 3 aromatic rings. The lowest BCUT2D eigenvalue weighted by Gasteiger charge is -2.24. The Kier molecular flexibility index (Phi) is 7.43. The van der Waals surface area contributed by atoms with Gasteiger partial charge in [0, 0.05) is 25.8 Å². The molecule has 1 saturated carbocycles. The predicted octanol–water partition coefficient (Wildman–Crippen LogP) is 3.69. The number of imidazole rings is 1. The Bertz CT molecular complexity index is 1220. The highest BCUT2D eigenvalue weighted by Crippen LogP contribution is 2.31. The lowest BCUT2D eigenvalue weighted by Crippen LogP contribution is -2.33. The summed E-state index contributed by atoms with van der Waals surface area (Å²) in [5, 5.41) is -0.0811. The number of amides is 1. The highest BCUT2D eigenvalue weighted by Gasteiger charge is 2.30. The maximum atomic E-state index is 13.2. The van der Waals surface area contributed by atoms with Crippen LogP contribution in [-0.2, 0) is 33.4 Å². The maximum Gasteiger partial charge on any atom is 0.254 e. The second kappa shape index (κ2) is 10.5. The molecular weight excluding hydrogens is 457 g/mol. The molecule has 0 atom stereocenters. The van der Waals surface area contributed by atoms with Crippen molar-refractivity contribution in [3.05, 3.63) is 83.4 Å². The second-order valence-corrected chi connectivity index (χ2v) is 10.4. The van der Waals surface area contributed by atoms with Crippen LogP contribution in [0.15, 0.2) is 66.0 Å². The fourth-order valence-electron chi connectivity index (χ4n) is 3.84. The van der Waals surface area contributed by atoms with Gasteiger partial charge < -0.3 is 14.2 Å². The number of hydrogen-bond donors (Lipinski definition) is 0. The van der Waals surface area contributed by atoms with E-state index >= 15 is 0 Å². The summed E-state index contributed by atoms with van der Waals surface area (Å²) in [5.41, 5.74) is 1.69. The number of rotatable bonds is 11. The number of halogens is 1. The predicted molar refractivity (Wildman–Crippen MR) is 125 cm³/mol. The van der Waals surface area contributed by atoms with Gasteiger partial charge in [0.2, 0.25) is 15.0 Å². The van der Waals surface area contributed by atoms with Gasteiger partial charge in [-0.25, -0.2) is 17.8 Å². The number of carbonyl (C=O) groups excluding carboxylic acids is 1. The monoisotopic (exact) mass is 485 g/mol. The van der Waals surface area contributed by atoms with Gasteiger partial charge in [0.25, 0.3) is 5.91 Å². The fourth-order valence-corrected chi connectivity index (χ4v) is 5.36. The Morgan fingerprint density at radius 1 is 1.15 bits per heavy atom. The third-order valence-electron chi connectivity index (χ3n) is 5.81. The van der Waals surface area contributed by atoms with Gasteiger partial charge in [-0.3, -0.25) is 4.79 Å². The molecule has 1 aliphatic rings. The van der Waals surface area contributed by atoms with Crippen LogP contribution in [0.3, 0.4) is 0 Å². The molecule has 1 fully saturated rings. The zero-order valence-corrected chi connectivity index (χ0v) is 19.9. The highest BCUT2D eigenvalue weighted by molar-refractivity contribution is 7.90. The molecule has 0 unspecified atom stereocenters. The number of aromatic nitrogens is 2. The van der Waals surface area contributed by atoms with E-state index in [1.165, 1.54) is 30.5 Å². The number of sulfone groups is 1. The molecule has 0 radical (unpaired) electrons. The summed E-state index contributed by atoms with van der Waals surface area (Å²) in [6.45, 7) is 1.42. The molecule has 7 nitrogen and oxygen atoms in total. The van der Waals surface area contributed by atoms with Crippen molar-refractivity contribution in [2.24, 2.45) is 5.92 Å². The summed E-state index contributed by atoms with van der Waals surface area (Å²) < 4.78 is 46.5.